The lowest BCUT2D eigenvalue weighted by atomic mass is 10.1. The molecule has 0 bridgehead atoms. The summed E-state index contributed by atoms with van der Waals surface area (Å²) in [5.41, 5.74) is 3.29. The molecule has 0 aliphatic carbocycles. The summed E-state index contributed by atoms with van der Waals surface area (Å²) in [6.45, 7) is 3.79. The van der Waals surface area contributed by atoms with Crippen molar-refractivity contribution in [1.29, 1.82) is 0 Å². The van der Waals surface area contributed by atoms with Gasteiger partial charge in [-0.1, -0.05) is 25.1 Å². The van der Waals surface area contributed by atoms with Gasteiger partial charge < -0.3 is 4.90 Å². The lowest BCUT2D eigenvalue weighted by molar-refractivity contribution is 0.0956. The fourth-order valence-corrected chi connectivity index (χ4v) is 3.00. The second-order valence-electron chi connectivity index (χ2n) is 4.21. The number of hydrogen-bond donors (Lipinski definition) is 2. The first-order chi connectivity index (χ1) is 8.67. The van der Waals surface area contributed by atoms with E-state index in [0.29, 0.717) is 4.88 Å². The Morgan fingerprint density at radius 1 is 1.44 bits per heavy atom. The molecule has 2 rings (SSSR count). The molecule has 2 aromatic rings. The molecule has 96 valence electrons. The lowest BCUT2D eigenvalue weighted by Gasteiger charge is -2.14. The van der Waals surface area contributed by atoms with Gasteiger partial charge in [0.05, 0.1) is 4.88 Å². The topological polar surface area (TPSA) is 58.4 Å². The number of carbonyl (C=O) groups is 1. The predicted octanol–water partition coefficient (Wildman–Crippen LogP) is 1.96. The fourth-order valence-electron chi connectivity index (χ4n) is 1.89. The number of thiophene rings is 1. The Labute approximate surface area is 110 Å². The molecule has 0 radical (unpaired) electrons. The number of nitrogens with zero attached hydrogens (tertiary/aromatic N) is 1. The fraction of sp³-hybridized carbons (Fsp3) is 0.308. The van der Waals surface area contributed by atoms with E-state index in [1.54, 1.807) is 0 Å². The maximum Gasteiger partial charge on any atom is 0.275 e. The lowest BCUT2D eigenvalue weighted by Crippen LogP contribution is -2.30. The van der Waals surface area contributed by atoms with E-state index >= 15 is 0 Å². The van der Waals surface area contributed by atoms with E-state index in [-0.39, 0.29) is 5.91 Å². The van der Waals surface area contributed by atoms with E-state index in [2.05, 4.69) is 23.3 Å². The van der Waals surface area contributed by atoms with Crippen LogP contribution < -0.4 is 11.3 Å². The van der Waals surface area contributed by atoms with Crippen molar-refractivity contribution in [2.45, 2.75) is 13.5 Å². The third kappa shape index (κ3) is 2.38. The van der Waals surface area contributed by atoms with Crippen LogP contribution >= 0.6 is 11.3 Å². The molecule has 3 N–H and O–H groups in total. The van der Waals surface area contributed by atoms with Crippen LogP contribution in [0, 0.1) is 0 Å². The molecule has 1 aromatic carbocycles. The zero-order valence-electron chi connectivity index (χ0n) is 10.6. The first kappa shape index (κ1) is 13.0. The van der Waals surface area contributed by atoms with Crippen LogP contribution in [0.5, 0.6) is 0 Å². The van der Waals surface area contributed by atoms with Gasteiger partial charge in [0.1, 0.15) is 0 Å². The summed E-state index contributed by atoms with van der Waals surface area (Å²) in [5.74, 6) is 5.04. The molecular weight excluding hydrogens is 246 g/mol. The Balaban J connectivity index is 2.54. The number of benzene rings is 1. The van der Waals surface area contributed by atoms with E-state index in [1.165, 1.54) is 11.3 Å². The Hall–Kier alpha value is -1.43. The summed E-state index contributed by atoms with van der Waals surface area (Å²) < 4.78 is 1.12. The molecule has 0 aliphatic rings. The number of nitrogen functional groups attached to an aromatic ring is 1. The minimum Gasteiger partial charge on any atom is -0.302 e. The predicted molar refractivity (Wildman–Crippen MR) is 75.5 cm³/mol. The van der Waals surface area contributed by atoms with E-state index in [0.717, 1.165) is 28.7 Å². The van der Waals surface area contributed by atoms with Gasteiger partial charge in [0.2, 0.25) is 0 Å². The smallest absolute Gasteiger partial charge is 0.275 e. The number of amides is 1. The maximum atomic E-state index is 11.8. The van der Waals surface area contributed by atoms with Crippen LogP contribution in [0.2, 0.25) is 0 Å². The second kappa shape index (κ2) is 5.48. The van der Waals surface area contributed by atoms with Gasteiger partial charge in [-0.2, -0.15) is 0 Å². The number of fused-ring (bicyclic) bond motifs is 1. The van der Waals surface area contributed by atoms with Crippen LogP contribution in [0.3, 0.4) is 0 Å². The number of rotatable bonds is 4. The van der Waals surface area contributed by atoms with Gasteiger partial charge in [-0.05, 0) is 30.6 Å². The molecule has 1 heterocycles. The van der Waals surface area contributed by atoms with Crippen LogP contribution in [0.4, 0.5) is 0 Å². The molecule has 0 saturated heterocycles. The number of hydrazine groups is 1. The molecule has 1 amide bonds. The molecule has 0 fully saturated rings. The summed E-state index contributed by atoms with van der Waals surface area (Å²) in [6, 6.07) is 8.06. The number of hydrogen-bond acceptors (Lipinski definition) is 4. The van der Waals surface area contributed by atoms with Gasteiger partial charge in [0, 0.05) is 11.2 Å². The first-order valence-electron chi connectivity index (χ1n) is 5.87. The van der Waals surface area contributed by atoms with Crippen LogP contribution in [-0.4, -0.2) is 24.4 Å². The van der Waals surface area contributed by atoms with Crippen molar-refractivity contribution in [2.24, 2.45) is 5.84 Å². The Kier molecular flexibility index (Phi) is 3.96. The number of nitrogens with one attached hydrogen (secondary N) is 1. The number of nitrogens with two attached hydrogens (primary N) is 1. The molecular formula is C13H17N3OS. The van der Waals surface area contributed by atoms with Crippen molar-refractivity contribution in [1.82, 2.24) is 10.3 Å². The highest BCUT2D eigenvalue weighted by Crippen LogP contribution is 2.31. The van der Waals surface area contributed by atoms with Crippen LogP contribution in [-0.2, 0) is 6.54 Å². The zero-order valence-corrected chi connectivity index (χ0v) is 11.4. The SMILES string of the molecule is CCN(C)Cc1c(C(=O)NN)sc2ccccc12. The van der Waals surface area contributed by atoms with E-state index < -0.39 is 0 Å². The summed E-state index contributed by atoms with van der Waals surface area (Å²) in [4.78, 5) is 14.7. The van der Waals surface area contributed by atoms with Crippen LogP contribution in [0.1, 0.15) is 22.2 Å². The molecule has 1 aromatic heterocycles. The average molecular weight is 263 g/mol. The summed E-state index contributed by atoms with van der Waals surface area (Å²) >= 11 is 1.49. The summed E-state index contributed by atoms with van der Waals surface area (Å²) in [5, 5.41) is 1.14. The minimum atomic E-state index is -0.212. The molecule has 0 unspecified atom stereocenters. The Morgan fingerprint density at radius 2 is 2.17 bits per heavy atom. The van der Waals surface area contributed by atoms with Crippen molar-refractivity contribution in [3.63, 3.8) is 0 Å². The highest BCUT2D eigenvalue weighted by Gasteiger charge is 2.18. The second-order valence-corrected chi connectivity index (χ2v) is 5.26. The van der Waals surface area contributed by atoms with Gasteiger partial charge in [-0.25, -0.2) is 5.84 Å². The molecule has 4 nitrogen and oxygen atoms in total. The van der Waals surface area contributed by atoms with Gasteiger partial charge in [-0.15, -0.1) is 11.3 Å². The normalized spacial score (nSPS) is 11.1. The monoisotopic (exact) mass is 263 g/mol. The van der Waals surface area contributed by atoms with Crippen molar-refractivity contribution >= 4 is 27.3 Å². The molecule has 5 heteroatoms. The quantitative estimate of drug-likeness (QED) is 0.503. The molecule has 0 saturated carbocycles. The third-order valence-electron chi connectivity index (χ3n) is 3.00. The maximum absolute atomic E-state index is 11.8. The standard InChI is InChI=1S/C13H17N3OS/c1-3-16(2)8-10-9-6-4-5-7-11(9)18-12(10)13(17)15-14/h4-7H,3,8,14H2,1-2H3,(H,15,17). The van der Waals surface area contributed by atoms with Crippen LogP contribution in [0.25, 0.3) is 10.1 Å². The first-order valence-corrected chi connectivity index (χ1v) is 6.69. The molecule has 18 heavy (non-hydrogen) atoms. The summed E-state index contributed by atoms with van der Waals surface area (Å²) in [7, 11) is 2.04. The van der Waals surface area contributed by atoms with Crippen LogP contribution in [0.15, 0.2) is 24.3 Å². The average Bonchev–Trinajstić information content (AvgIpc) is 2.77. The zero-order chi connectivity index (χ0) is 13.1. The van der Waals surface area contributed by atoms with Gasteiger partial charge >= 0.3 is 0 Å². The number of carbonyl (C=O) groups excluding carboxylic acids is 1. The van der Waals surface area contributed by atoms with E-state index in [4.69, 9.17) is 5.84 Å². The van der Waals surface area contributed by atoms with E-state index in [1.807, 2.05) is 25.2 Å². The van der Waals surface area contributed by atoms with Crippen molar-refractivity contribution in [3.05, 3.63) is 34.7 Å². The van der Waals surface area contributed by atoms with Gasteiger partial charge in [0.25, 0.3) is 5.91 Å². The highest BCUT2D eigenvalue weighted by molar-refractivity contribution is 7.21. The van der Waals surface area contributed by atoms with Gasteiger partial charge in [0.15, 0.2) is 0 Å². The minimum absolute atomic E-state index is 0.212. The van der Waals surface area contributed by atoms with Crippen molar-refractivity contribution in [2.75, 3.05) is 13.6 Å². The highest BCUT2D eigenvalue weighted by atomic mass is 32.1. The molecule has 0 atom stereocenters. The largest absolute Gasteiger partial charge is 0.302 e. The Morgan fingerprint density at radius 3 is 2.83 bits per heavy atom. The Bertz CT molecular complexity index is 564. The van der Waals surface area contributed by atoms with Gasteiger partial charge in [-0.3, -0.25) is 10.2 Å². The molecule has 0 aliphatic heterocycles. The molecule has 0 spiro atoms. The summed E-state index contributed by atoms with van der Waals surface area (Å²) in [6.07, 6.45) is 0. The van der Waals surface area contributed by atoms with Crippen molar-refractivity contribution in [3.8, 4) is 0 Å². The van der Waals surface area contributed by atoms with E-state index in [9.17, 15) is 4.79 Å². The third-order valence-corrected chi connectivity index (χ3v) is 4.22. The van der Waals surface area contributed by atoms with Crippen molar-refractivity contribution < 1.29 is 4.79 Å².